The van der Waals surface area contributed by atoms with Crippen molar-refractivity contribution in [2.45, 2.75) is 5.41 Å². The molecule has 3 aliphatic rings. The number of oxime groups is 1. The Morgan fingerprint density at radius 3 is 2.67 bits per heavy atom. The van der Waals surface area contributed by atoms with Crippen molar-refractivity contribution in [2.75, 3.05) is 31.8 Å². The van der Waals surface area contributed by atoms with Crippen LogP contribution in [0.4, 0.5) is 5.69 Å². The van der Waals surface area contributed by atoms with Gasteiger partial charge in [0, 0.05) is 35.5 Å². The summed E-state index contributed by atoms with van der Waals surface area (Å²) in [5.41, 5.74) is 7.41. The summed E-state index contributed by atoms with van der Waals surface area (Å²) in [7, 11) is 1.71. The fourth-order valence-electron chi connectivity index (χ4n) is 4.21. The molecule has 5 rings (SSSR count). The van der Waals surface area contributed by atoms with Gasteiger partial charge < -0.3 is 30.1 Å². The maximum atomic E-state index is 13.4. The number of hydrogen-bond donors (Lipinski definition) is 2. The number of hydrogen-bond acceptors (Lipinski definition) is 6. The Bertz CT molecular complexity index is 1020. The van der Waals surface area contributed by atoms with Gasteiger partial charge in [0.1, 0.15) is 31.0 Å². The first-order valence-electron chi connectivity index (χ1n) is 8.54. The lowest BCUT2D eigenvalue weighted by atomic mass is 9.75. The fraction of sp³-hybridized carbons (Fsp3) is 0.263. The number of carbonyl (C=O) groups is 1. The van der Waals surface area contributed by atoms with Crippen LogP contribution < -0.4 is 24.8 Å². The van der Waals surface area contributed by atoms with Crippen LogP contribution in [0.3, 0.4) is 0 Å². The molecule has 0 saturated carbocycles. The standard InChI is InChI=1S/C19H17N3O5/c1-22-12-4-2-3-10(17(20)21-24)16(12)19(18(22)23)9-27-13-8-15-14(7-11(13)19)25-5-6-26-15/h2-4,7-8,24H,5-6,9H2,1H3,(H2,20,21). The van der Waals surface area contributed by atoms with E-state index in [-0.39, 0.29) is 18.3 Å². The molecule has 2 aromatic carbocycles. The number of anilines is 1. The molecule has 0 radical (unpaired) electrons. The number of nitrogens with two attached hydrogens (primary N) is 1. The van der Waals surface area contributed by atoms with E-state index in [0.717, 1.165) is 0 Å². The van der Waals surface area contributed by atoms with Crippen LogP contribution in [-0.4, -0.2) is 43.8 Å². The summed E-state index contributed by atoms with van der Waals surface area (Å²) in [6, 6.07) is 8.91. The molecule has 0 fully saturated rings. The predicted molar refractivity (Wildman–Crippen MR) is 96.1 cm³/mol. The Hall–Kier alpha value is -3.42. The van der Waals surface area contributed by atoms with E-state index in [4.69, 9.17) is 19.9 Å². The van der Waals surface area contributed by atoms with Gasteiger partial charge in [-0.2, -0.15) is 0 Å². The molecular formula is C19H17N3O5. The highest BCUT2D eigenvalue weighted by atomic mass is 16.6. The van der Waals surface area contributed by atoms with Gasteiger partial charge in [-0.25, -0.2) is 0 Å². The van der Waals surface area contributed by atoms with Crippen LogP contribution in [0.1, 0.15) is 16.7 Å². The van der Waals surface area contributed by atoms with Crippen molar-refractivity contribution in [3.63, 3.8) is 0 Å². The third-order valence-electron chi connectivity index (χ3n) is 5.43. The molecule has 0 saturated heterocycles. The molecule has 3 aliphatic heterocycles. The largest absolute Gasteiger partial charge is 0.491 e. The molecule has 2 aromatic rings. The summed E-state index contributed by atoms with van der Waals surface area (Å²) in [6.07, 6.45) is 0. The van der Waals surface area contributed by atoms with Crippen molar-refractivity contribution < 1.29 is 24.2 Å². The summed E-state index contributed by atoms with van der Waals surface area (Å²) in [5.74, 6) is 1.56. The van der Waals surface area contributed by atoms with E-state index in [9.17, 15) is 10.0 Å². The van der Waals surface area contributed by atoms with Gasteiger partial charge in [-0.3, -0.25) is 4.79 Å². The highest BCUT2D eigenvalue weighted by Gasteiger charge is 2.57. The van der Waals surface area contributed by atoms with Crippen molar-refractivity contribution in [2.24, 2.45) is 10.9 Å². The van der Waals surface area contributed by atoms with Crippen molar-refractivity contribution >= 4 is 17.4 Å². The number of amidine groups is 1. The van der Waals surface area contributed by atoms with Gasteiger partial charge in [-0.1, -0.05) is 17.3 Å². The minimum atomic E-state index is -1.08. The first-order valence-corrected chi connectivity index (χ1v) is 8.54. The third kappa shape index (κ3) is 1.87. The van der Waals surface area contributed by atoms with Crippen molar-refractivity contribution in [3.8, 4) is 17.2 Å². The number of carbonyl (C=O) groups excluding carboxylic acids is 1. The summed E-state index contributed by atoms with van der Waals surface area (Å²) in [4.78, 5) is 15.0. The molecule has 1 unspecified atom stereocenters. The maximum Gasteiger partial charge on any atom is 0.245 e. The minimum Gasteiger partial charge on any atom is -0.491 e. The van der Waals surface area contributed by atoms with E-state index in [1.165, 1.54) is 0 Å². The number of nitrogens with zero attached hydrogens (tertiary/aromatic N) is 2. The second-order valence-corrected chi connectivity index (χ2v) is 6.74. The Labute approximate surface area is 154 Å². The first kappa shape index (κ1) is 15.8. The Kier molecular flexibility index (Phi) is 3.10. The van der Waals surface area contributed by atoms with Crippen molar-refractivity contribution in [3.05, 3.63) is 47.0 Å². The van der Waals surface area contributed by atoms with Gasteiger partial charge >= 0.3 is 0 Å². The first-order chi connectivity index (χ1) is 13.1. The van der Waals surface area contributed by atoms with Crippen LogP contribution in [0.25, 0.3) is 0 Å². The van der Waals surface area contributed by atoms with Gasteiger partial charge in [-0.05, 0) is 12.1 Å². The second-order valence-electron chi connectivity index (χ2n) is 6.74. The van der Waals surface area contributed by atoms with Gasteiger partial charge in [0.05, 0.1) is 0 Å². The normalized spacial score (nSPS) is 22.6. The van der Waals surface area contributed by atoms with Gasteiger partial charge in [-0.15, -0.1) is 0 Å². The van der Waals surface area contributed by atoms with Crippen LogP contribution in [0.5, 0.6) is 17.2 Å². The Morgan fingerprint density at radius 2 is 1.93 bits per heavy atom. The van der Waals surface area contributed by atoms with Crippen LogP contribution in [-0.2, 0) is 10.2 Å². The zero-order valence-corrected chi connectivity index (χ0v) is 14.6. The van der Waals surface area contributed by atoms with E-state index in [1.807, 2.05) is 6.07 Å². The predicted octanol–water partition coefficient (Wildman–Crippen LogP) is 1.21. The van der Waals surface area contributed by atoms with E-state index in [1.54, 1.807) is 36.2 Å². The molecule has 8 nitrogen and oxygen atoms in total. The molecule has 8 heteroatoms. The number of likely N-dealkylation sites (N-methyl/N-ethyl adjacent to an activating group) is 1. The van der Waals surface area contributed by atoms with Gasteiger partial charge in [0.15, 0.2) is 17.3 Å². The fourth-order valence-corrected chi connectivity index (χ4v) is 4.21. The molecule has 3 N–H and O–H groups in total. The van der Waals surface area contributed by atoms with E-state index in [2.05, 4.69) is 5.16 Å². The minimum absolute atomic E-state index is 0.0553. The molecule has 3 heterocycles. The zero-order valence-electron chi connectivity index (χ0n) is 14.6. The number of amides is 1. The van der Waals surface area contributed by atoms with Crippen LogP contribution in [0.15, 0.2) is 35.5 Å². The van der Waals surface area contributed by atoms with Crippen LogP contribution in [0, 0.1) is 0 Å². The Morgan fingerprint density at radius 1 is 1.19 bits per heavy atom. The SMILES string of the molecule is CN1C(=O)C2(COc3cc4c(cc32)OCCO4)c2c(/C(N)=N\O)cccc21. The highest BCUT2D eigenvalue weighted by Crippen LogP contribution is 2.55. The lowest BCUT2D eigenvalue weighted by molar-refractivity contribution is -0.121. The lowest BCUT2D eigenvalue weighted by Crippen LogP contribution is -2.41. The molecule has 0 aromatic heterocycles. The number of ether oxygens (including phenoxy) is 3. The summed E-state index contributed by atoms with van der Waals surface area (Å²) < 4.78 is 17.3. The summed E-state index contributed by atoms with van der Waals surface area (Å²) in [5, 5.41) is 12.4. The van der Waals surface area contributed by atoms with E-state index < -0.39 is 5.41 Å². The maximum absolute atomic E-state index is 13.4. The molecule has 0 bridgehead atoms. The number of rotatable bonds is 1. The monoisotopic (exact) mass is 367 g/mol. The average Bonchev–Trinajstić information content (AvgIpc) is 3.18. The molecule has 27 heavy (non-hydrogen) atoms. The topological polar surface area (TPSA) is 107 Å². The average molecular weight is 367 g/mol. The molecule has 1 amide bonds. The molecule has 138 valence electrons. The third-order valence-corrected chi connectivity index (χ3v) is 5.43. The van der Waals surface area contributed by atoms with Crippen molar-refractivity contribution in [1.82, 2.24) is 0 Å². The quantitative estimate of drug-likeness (QED) is 0.340. The van der Waals surface area contributed by atoms with Crippen LogP contribution in [0.2, 0.25) is 0 Å². The molecule has 0 aliphatic carbocycles. The van der Waals surface area contributed by atoms with Gasteiger partial charge in [0.25, 0.3) is 0 Å². The highest BCUT2D eigenvalue weighted by molar-refractivity contribution is 6.15. The molecule has 1 spiro atoms. The zero-order chi connectivity index (χ0) is 18.8. The molecule has 1 atom stereocenters. The summed E-state index contributed by atoms with van der Waals surface area (Å²) >= 11 is 0. The smallest absolute Gasteiger partial charge is 0.245 e. The lowest BCUT2D eigenvalue weighted by Gasteiger charge is -2.25. The van der Waals surface area contributed by atoms with Crippen molar-refractivity contribution in [1.29, 1.82) is 0 Å². The number of fused-ring (bicyclic) bond motifs is 5. The van der Waals surface area contributed by atoms with Gasteiger partial charge in [0.2, 0.25) is 5.91 Å². The van der Waals surface area contributed by atoms with E-state index >= 15 is 0 Å². The second kappa shape index (κ2) is 5.29. The Balaban J connectivity index is 1.81. The van der Waals surface area contributed by atoms with Crippen LogP contribution >= 0.6 is 0 Å². The summed E-state index contributed by atoms with van der Waals surface area (Å²) in [6.45, 7) is 1.03. The molecular weight excluding hydrogens is 350 g/mol. The number of benzene rings is 2. The van der Waals surface area contributed by atoms with E-state index in [0.29, 0.717) is 52.8 Å².